The van der Waals surface area contributed by atoms with E-state index in [-0.39, 0.29) is 18.3 Å². The molecule has 0 saturated carbocycles. The van der Waals surface area contributed by atoms with Gasteiger partial charge < -0.3 is 13.8 Å². The average molecular weight is 533 g/mol. The van der Waals surface area contributed by atoms with Gasteiger partial charge in [0.05, 0.1) is 55.3 Å². The molecule has 2 aromatic heterocycles. The first-order valence-electron chi connectivity index (χ1n) is 13.7. The summed E-state index contributed by atoms with van der Waals surface area (Å²) >= 11 is 0. The molecule has 3 heterocycles. The Morgan fingerprint density at radius 2 is 1.85 bits per heavy atom. The van der Waals surface area contributed by atoms with Crippen molar-refractivity contribution >= 4 is 16.7 Å². The Bertz CT molecular complexity index is 1470. The molecule has 0 bridgehead atoms. The molecule has 39 heavy (non-hydrogen) atoms. The molecule has 7 heteroatoms. The molecule has 5 nitrogen and oxygen atoms in total. The minimum atomic E-state index is -0.892. The van der Waals surface area contributed by atoms with Crippen molar-refractivity contribution in [2.75, 3.05) is 20.1 Å². The summed E-state index contributed by atoms with van der Waals surface area (Å²) in [6.45, 7) is 7.38. The molecular formula is C32H36F2N3O2+. The van der Waals surface area contributed by atoms with Gasteiger partial charge in [0.15, 0.2) is 17.4 Å². The number of aryl methyl sites for hydroxylation is 1. The summed E-state index contributed by atoms with van der Waals surface area (Å²) in [4.78, 5) is 18.6. The van der Waals surface area contributed by atoms with Crippen LogP contribution in [0.2, 0.25) is 0 Å². The molecular weight excluding hydrogens is 496 g/mol. The lowest BCUT2D eigenvalue weighted by Crippen LogP contribution is -2.41. The molecule has 5 rings (SSSR count). The third kappa shape index (κ3) is 6.04. The minimum Gasteiger partial charge on any atom is -0.491 e. The number of Topliss-reactive ketones (excluding diaryl/α,β-unsaturated/α-hetero) is 1. The molecule has 1 fully saturated rings. The first-order valence-corrected chi connectivity index (χ1v) is 13.7. The van der Waals surface area contributed by atoms with E-state index in [4.69, 9.17) is 4.74 Å². The number of aromatic nitrogens is 2. The van der Waals surface area contributed by atoms with Crippen LogP contribution in [0.3, 0.4) is 0 Å². The summed E-state index contributed by atoms with van der Waals surface area (Å²) in [5.74, 6) is -1.02. The third-order valence-corrected chi connectivity index (χ3v) is 7.64. The number of carbonyl (C=O) groups excluding carboxylic acids is 1. The SMILES string of the molecule is CC(C)Oc1ccc2c(C(=O)CCc3ccc(F)c(F)c3)c(C[N+]3(C)CCCC3)n(Cc3ccccn3)c2c1. The number of hydrogen-bond acceptors (Lipinski definition) is 3. The highest BCUT2D eigenvalue weighted by Crippen LogP contribution is 2.34. The Morgan fingerprint density at radius 3 is 2.54 bits per heavy atom. The van der Waals surface area contributed by atoms with Crippen LogP contribution in [0.25, 0.3) is 10.9 Å². The van der Waals surface area contributed by atoms with Gasteiger partial charge >= 0.3 is 0 Å². The lowest BCUT2D eigenvalue weighted by Gasteiger charge is -2.30. The number of hydrogen-bond donors (Lipinski definition) is 0. The quantitative estimate of drug-likeness (QED) is 0.169. The van der Waals surface area contributed by atoms with E-state index < -0.39 is 11.6 Å². The van der Waals surface area contributed by atoms with Gasteiger partial charge in [-0.1, -0.05) is 12.1 Å². The zero-order valence-electron chi connectivity index (χ0n) is 22.9. The Morgan fingerprint density at radius 1 is 1.05 bits per heavy atom. The highest BCUT2D eigenvalue weighted by atomic mass is 19.2. The summed E-state index contributed by atoms with van der Waals surface area (Å²) in [5, 5.41) is 0.887. The predicted octanol–water partition coefficient (Wildman–Crippen LogP) is 6.71. The van der Waals surface area contributed by atoms with Gasteiger partial charge in [-0.15, -0.1) is 0 Å². The molecule has 0 amide bonds. The molecule has 0 radical (unpaired) electrons. The Balaban J connectivity index is 1.61. The molecule has 1 saturated heterocycles. The highest BCUT2D eigenvalue weighted by molar-refractivity contribution is 6.10. The van der Waals surface area contributed by atoms with Crippen LogP contribution in [0.15, 0.2) is 60.8 Å². The number of ketones is 1. The smallest absolute Gasteiger partial charge is 0.165 e. The molecule has 0 spiro atoms. The standard InChI is InChI=1S/C32H36F2N3O2/c1-22(2)39-25-11-12-26-29(19-25)36(20-24-8-4-5-15-35-24)30(21-37(3)16-6-7-17-37)32(26)31(38)14-10-23-9-13-27(33)28(34)18-23/h4-5,8-9,11-13,15,18-19,22H,6-7,10,14,16-17,20-21H2,1-3H3/q+1. The number of ether oxygens (including phenoxy) is 1. The minimum absolute atomic E-state index is 0.00262. The number of carbonyl (C=O) groups is 1. The molecule has 2 aromatic carbocycles. The van der Waals surface area contributed by atoms with Crippen molar-refractivity contribution in [1.82, 2.24) is 9.55 Å². The van der Waals surface area contributed by atoms with Crippen LogP contribution in [0, 0.1) is 11.6 Å². The maximum absolute atomic E-state index is 14.0. The maximum Gasteiger partial charge on any atom is 0.165 e. The summed E-state index contributed by atoms with van der Waals surface area (Å²) in [7, 11) is 2.26. The van der Waals surface area contributed by atoms with Crippen molar-refractivity contribution in [2.24, 2.45) is 0 Å². The first kappa shape index (κ1) is 27.0. The average Bonchev–Trinajstić information content (AvgIpc) is 3.46. The molecule has 0 N–H and O–H groups in total. The van der Waals surface area contributed by atoms with Crippen LogP contribution in [-0.2, 0) is 19.5 Å². The van der Waals surface area contributed by atoms with E-state index in [2.05, 4.69) is 16.6 Å². The number of benzene rings is 2. The largest absolute Gasteiger partial charge is 0.491 e. The molecule has 204 valence electrons. The van der Waals surface area contributed by atoms with E-state index in [9.17, 15) is 13.6 Å². The highest BCUT2D eigenvalue weighted by Gasteiger charge is 2.33. The lowest BCUT2D eigenvalue weighted by molar-refractivity contribution is -0.911. The van der Waals surface area contributed by atoms with Gasteiger partial charge in [0.2, 0.25) is 0 Å². The van der Waals surface area contributed by atoms with Gasteiger partial charge in [-0.25, -0.2) is 8.78 Å². The number of halogens is 2. The van der Waals surface area contributed by atoms with Crippen LogP contribution in [-0.4, -0.2) is 46.1 Å². The van der Waals surface area contributed by atoms with E-state index in [0.717, 1.165) is 58.2 Å². The third-order valence-electron chi connectivity index (χ3n) is 7.64. The van der Waals surface area contributed by atoms with Crippen LogP contribution in [0.4, 0.5) is 8.78 Å². The predicted molar refractivity (Wildman–Crippen MR) is 149 cm³/mol. The van der Waals surface area contributed by atoms with E-state index in [1.165, 1.54) is 18.9 Å². The zero-order chi connectivity index (χ0) is 27.6. The number of rotatable bonds is 10. The lowest BCUT2D eigenvalue weighted by atomic mass is 9.99. The summed E-state index contributed by atoms with van der Waals surface area (Å²) in [5.41, 5.74) is 4.17. The van der Waals surface area contributed by atoms with Crippen LogP contribution in [0.1, 0.15) is 60.4 Å². The number of likely N-dealkylation sites (tertiary alicyclic amines) is 1. The van der Waals surface area contributed by atoms with Crippen LogP contribution < -0.4 is 4.74 Å². The summed E-state index contributed by atoms with van der Waals surface area (Å²) < 4.78 is 36.4. The maximum atomic E-state index is 14.0. The van der Waals surface area contributed by atoms with E-state index in [1.807, 2.05) is 50.2 Å². The Hall–Kier alpha value is -3.58. The van der Waals surface area contributed by atoms with Crippen molar-refractivity contribution in [3.8, 4) is 5.75 Å². The van der Waals surface area contributed by atoms with Gasteiger partial charge in [0.1, 0.15) is 12.3 Å². The second kappa shape index (κ2) is 11.3. The number of nitrogens with zero attached hydrogens (tertiary/aromatic N) is 3. The van der Waals surface area contributed by atoms with E-state index in [1.54, 1.807) is 12.3 Å². The second-order valence-electron chi connectivity index (χ2n) is 11.2. The van der Waals surface area contributed by atoms with Crippen molar-refractivity contribution in [1.29, 1.82) is 0 Å². The fourth-order valence-electron chi connectivity index (χ4n) is 5.73. The van der Waals surface area contributed by atoms with Gasteiger partial charge in [0, 0.05) is 36.9 Å². The van der Waals surface area contributed by atoms with Gasteiger partial charge in [-0.3, -0.25) is 9.78 Å². The monoisotopic (exact) mass is 532 g/mol. The second-order valence-corrected chi connectivity index (χ2v) is 11.2. The number of fused-ring (bicyclic) bond motifs is 1. The summed E-state index contributed by atoms with van der Waals surface area (Å²) in [6.07, 6.45) is 4.69. The normalized spacial score (nSPS) is 14.8. The molecule has 0 unspecified atom stereocenters. The first-order chi connectivity index (χ1) is 18.7. The molecule has 1 aliphatic heterocycles. The van der Waals surface area contributed by atoms with E-state index >= 15 is 0 Å². The molecule has 1 aliphatic rings. The fraction of sp³-hybridized carbons (Fsp3) is 0.375. The van der Waals surface area contributed by atoms with Gasteiger partial charge in [0.25, 0.3) is 0 Å². The zero-order valence-corrected chi connectivity index (χ0v) is 22.9. The molecule has 0 aliphatic carbocycles. The molecule has 4 aromatic rings. The van der Waals surface area contributed by atoms with Gasteiger partial charge in [-0.2, -0.15) is 0 Å². The van der Waals surface area contributed by atoms with Crippen molar-refractivity contribution < 1.29 is 22.8 Å². The fourth-order valence-corrected chi connectivity index (χ4v) is 5.73. The Kier molecular flexibility index (Phi) is 7.80. The Labute approximate surface area is 228 Å². The molecule has 0 atom stereocenters. The van der Waals surface area contributed by atoms with Gasteiger partial charge in [-0.05, 0) is 62.2 Å². The summed E-state index contributed by atoms with van der Waals surface area (Å²) in [6, 6.07) is 15.7. The van der Waals surface area contributed by atoms with Crippen LogP contribution in [0.5, 0.6) is 5.75 Å². The van der Waals surface area contributed by atoms with Crippen molar-refractivity contribution in [2.45, 2.75) is 58.7 Å². The van der Waals surface area contributed by atoms with Crippen molar-refractivity contribution in [3.05, 3.63) is 94.9 Å². The topological polar surface area (TPSA) is 44.1 Å². The number of quaternary nitrogens is 1. The van der Waals surface area contributed by atoms with Crippen LogP contribution >= 0.6 is 0 Å². The number of pyridine rings is 1. The van der Waals surface area contributed by atoms with E-state index in [0.29, 0.717) is 24.1 Å². The van der Waals surface area contributed by atoms with Crippen molar-refractivity contribution in [3.63, 3.8) is 0 Å².